The number of nitriles is 1. The van der Waals surface area contributed by atoms with Gasteiger partial charge in [-0.15, -0.1) is 0 Å². The van der Waals surface area contributed by atoms with E-state index in [2.05, 4.69) is 15.3 Å². The third-order valence-corrected chi connectivity index (χ3v) is 7.72. The fourth-order valence-corrected chi connectivity index (χ4v) is 5.39. The second-order valence-corrected chi connectivity index (χ2v) is 10.6. The van der Waals surface area contributed by atoms with Crippen molar-refractivity contribution >= 4 is 46.5 Å². The van der Waals surface area contributed by atoms with Crippen molar-refractivity contribution < 1.29 is 28.2 Å². The molecule has 0 saturated carbocycles. The van der Waals surface area contributed by atoms with Gasteiger partial charge in [-0.05, 0) is 42.8 Å². The lowest BCUT2D eigenvalue weighted by Crippen LogP contribution is -2.57. The molecule has 1 saturated heterocycles. The number of imidazole rings is 1. The van der Waals surface area contributed by atoms with Crippen molar-refractivity contribution in [3.05, 3.63) is 70.9 Å². The first-order valence-electron chi connectivity index (χ1n) is 14.0. The normalized spacial score (nSPS) is 14.9. The predicted octanol–water partition coefficient (Wildman–Crippen LogP) is 2.21. The number of benzene rings is 2. The van der Waals surface area contributed by atoms with Gasteiger partial charge < -0.3 is 31.2 Å². The molecular weight excluding hydrogens is 621 g/mol. The predicted molar refractivity (Wildman–Crippen MR) is 165 cm³/mol. The lowest BCUT2D eigenvalue weighted by Gasteiger charge is -2.40. The van der Waals surface area contributed by atoms with Crippen LogP contribution in [0.15, 0.2) is 48.9 Å². The summed E-state index contributed by atoms with van der Waals surface area (Å²) >= 11 is 6.33. The number of carbonyl (C=O) groups is 3. The molecule has 0 aliphatic carbocycles. The number of piperazine rings is 1. The third kappa shape index (κ3) is 6.54. The van der Waals surface area contributed by atoms with Crippen molar-refractivity contribution in [1.82, 2.24) is 24.2 Å². The number of nitrogens with zero attached hydrogens (tertiary/aromatic N) is 6. The number of aryl methyl sites for hydroxylation is 1. The molecule has 0 spiro atoms. The molecule has 1 aliphatic rings. The van der Waals surface area contributed by atoms with Crippen LogP contribution in [0.2, 0.25) is 5.02 Å². The van der Waals surface area contributed by atoms with Crippen LogP contribution in [0.4, 0.5) is 15.9 Å². The first-order valence-corrected chi connectivity index (χ1v) is 14.4. The molecule has 5 rings (SSSR count). The minimum atomic E-state index is -1.22. The summed E-state index contributed by atoms with van der Waals surface area (Å²) in [5.41, 5.74) is 13.8. The molecule has 3 heterocycles. The van der Waals surface area contributed by atoms with Crippen molar-refractivity contribution in [2.24, 2.45) is 11.5 Å². The molecule has 1 aliphatic heterocycles. The molecule has 2 aromatic heterocycles. The van der Waals surface area contributed by atoms with Gasteiger partial charge in [0.2, 0.25) is 0 Å². The highest BCUT2D eigenvalue weighted by atomic mass is 35.5. The molecule has 16 heteroatoms. The van der Waals surface area contributed by atoms with E-state index in [-0.39, 0.29) is 29.8 Å². The molecule has 2 amide bonds. The van der Waals surface area contributed by atoms with Crippen molar-refractivity contribution in [1.29, 1.82) is 5.26 Å². The number of hydrogen-bond donors (Lipinski definition) is 3. The molecule has 1 unspecified atom stereocenters. The molecule has 1 fully saturated rings. The van der Waals surface area contributed by atoms with E-state index in [4.69, 9.17) is 37.8 Å². The Morgan fingerprint density at radius 1 is 1.22 bits per heavy atom. The van der Waals surface area contributed by atoms with E-state index in [0.29, 0.717) is 65.7 Å². The molecule has 14 nitrogen and oxygen atoms in total. The molecule has 1 atom stereocenters. The third-order valence-electron chi connectivity index (χ3n) is 7.35. The molecule has 238 valence electrons. The SMILES string of the molecule is Cc1cc(Nc2nccn3c(-c4ccc(OCC#N)c(F)c4Cl)cnc23)ccc1C(=O)N1CCN(CCN)C(OC(=O)C(N)=O)C1. The average molecular weight is 650 g/mol. The number of ether oxygens (including phenoxy) is 2. The van der Waals surface area contributed by atoms with Crippen molar-refractivity contribution in [2.75, 3.05) is 44.6 Å². The van der Waals surface area contributed by atoms with Crippen LogP contribution in [0.3, 0.4) is 0 Å². The zero-order valence-electron chi connectivity index (χ0n) is 24.6. The van der Waals surface area contributed by atoms with Crippen LogP contribution < -0.4 is 21.5 Å². The topological polar surface area (TPSA) is 194 Å². The largest absolute Gasteiger partial charge is 0.476 e. The Morgan fingerprint density at radius 2 is 2.02 bits per heavy atom. The number of primary amides is 1. The molecule has 46 heavy (non-hydrogen) atoms. The summed E-state index contributed by atoms with van der Waals surface area (Å²) < 4.78 is 26.9. The highest BCUT2D eigenvalue weighted by Gasteiger charge is 2.33. The van der Waals surface area contributed by atoms with Gasteiger partial charge in [0.25, 0.3) is 5.91 Å². The number of halogens is 2. The Morgan fingerprint density at radius 3 is 2.74 bits per heavy atom. The lowest BCUT2D eigenvalue weighted by atomic mass is 10.1. The zero-order valence-corrected chi connectivity index (χ0v) is 25.3. The summed E-state index contributed by atoms with van der Waals surface area (Å²) in [7, 11) is 0. The minimum absolute atomic E-state index is 0.0367. The minimum Gasteiger partial charge on any atom is -0.476 e. The maximum atomic E-state index is 14.8. The van der Waals surface area contributed by atoms with Gasteiger partial charge in [-0.2, -0.15) is 5.26 Å². The van der Waals surface area contributed by atoms with Crippen LogP contribution in [0.25, 0.3) is 16.9 Å². The van der Waals surface area contributed by atoms with Gasteiger partial charge in [-0.3, -0.25) is 18.9 Å². The van der Waals surface area contributed by atoms with Crippen LogP contribution in [0, 0.1) is 24.1 Å². The summed E-state index contributed by atoms with van der Waals surface area (Å²) in [5, 5.41) is 11.8. The Labute approximate surface area is 267 Å². The van der Waals surface area contributed by atoms with Gasteiger partial charge in [0.1, 0.15) is 6.07 Å². The van der Waals surface area contributed by atoms with Gasteiger partial charge >= 0.3 is 11.9 Å². The number of anilines is 2. The van der Waals surface area contributed by atoms with E-state index in [1.165, 1.54) is 12.3 Å². The Balaban J connectivity index is 1.34. The van der Waals surface area contributed by atoms with Gasteiger partial charge in [0.15, 0.2) is 35.9 Å². The maximum absolute atomic E-state index is 14.8. The van der Waals surface area contributed by atoms with Crippen molar-refractivity contribution in [2.45, 2.75) is 13.2 Å². The lowest BCUT2D eigenvalue weighted by molar-refractivity contribution is -0.169. The number of carbonyl (C=O) groups excluding carboxylic acids is 3. The number of nitrogens with one attached hydrogen (secondary N) is 1. The van der Waals surface area contributed by atoms with Gasteiger partial charge in [-0.1, -0.05) is 11.6 Å². The van der Waals surface area contributed by atoms with Crippen LogP contribution in [0.5, 0.6) is 5.75 Å². The Hall–Kier alpha value is -5.30. The number of rotatable bonds is 9. The van der Waals surface area contributed by atoms with E-state index in [0.717, 1.165) is 0 Å². The summed E-state index contributed by atoms with van der Waals surface area (Å²) in [6.45, 7) is 2.96. The maximum Gasteiger partial charge on any atom is 0.398 e. The van der Waals surface area contributed by atoms with E-state index in [9.17, 15) is 18.8 Å². The molecule has 0 bridgehead atoms. The van der Waals surface area contributed by atoms with E-state index in [1.807, 2.05) is 0 Å². The van der Waals surface area contributed by atoms with Gasteiger partial charge in [-0.25, -0.2) is 19.2 Å². The van der Waals surface area contributed by atoms with Crippen molar-refractivity contribution in [3.8, 4) is 23.1 Å². The number of nitrogens with two attached hydrogens (primary N) is 2. The molecular formula is C30H29ClFN9O5. The first-order chi connectivity index (χ1) is 22.1. The average Bonchev–Trinajstić information content (AvgIpc) is 3.47. The number of fused-ring (bicyclic) bond motifs is 1. The smallest absolute Gasteiger partial charge is 0.398 e. The Kier molecular flexibility index (Phi) is 9.61. The fraction of sp³-hybridized carbons (Fsp3) is 0.267. The standard InChI is InChI=1S/C30H29ClFN9O5/c1-17-14-18(2-3-19(17)29(43)40-12-11-39(9-6-33)23(16-40)46-30(44)26(35)42)38-27-28-37-15-21(41(28)10-8-36-27)20-4-5-22(45-13-7-34)25(32)24(20)31/h2-5,8,10,14-15,23H,6,9,11-13,16,33H2,1H3,(H2,35,42)(H,36,38). The number of esters is 1. The van der Waals surface area contributed by atoms with E-state index in [1.54, 1.807) is 63.9 Å². The molecule has 4 aromatic rings. The molecule has 2 aromatic carbocycles. The molecule has 0 radical (unpaired) electrons. The molecule has 5 N–H and O–H groups in total. The number of hydrogen-bond acceptors (Lipinski definition) is 11. The highest BCUT2D eigenvalue weighted by Crippen LogP contribution is 2.36. The van der Waals surface area contributed by atoms with E-state index >= 15 is 0 Å². The van der Waals surface area contributed by atoms with Crippen LogP contribution in [-0.4, -0.2) is 87.5 Å². The number of aromatic nitrogens is 3. The number of amides is 2. The summed E-state index contributed by atoms with van der Waals surface area (Å²) in [6.07, 6.45) is 3.87. The van der Waals surface area contributed by atoms with Crippen LogP contribution in [-0.2, 0) is 14.3 Å². The first kappa shape index (κ1) is 32.1. The fourth-order valence-electron chi connectivity index (χ4n) is 5.13. The quantitative estimate of drug-likeness (QED) is 0.178. The van der Waals surface area contributed by atoms with Gasteiger partial charge in [0, 0.05) is 55.4 Å². The second-order valence-electron chi connectivity index (χ2n) is 10.3. The summed E-state index contributed by atoms with van der Waals surface area (Å²) in [4.78, 5) is 48.8. The van der Waals surface area contributed by atoms with Gasteiger partial charge in [0.05, 0.1) is 23.5 Å². The van der Waals surface area contributed by atoms with E-state index < -0.39 is 23.9 Å². The second kappa shape index (κ2) is 13.8. The van der Waals surface area contributed by atoms with Crippen LogP contribution in [0.1, 0.15) is 15.9 Å². The monoisotopic (exact) mass is 649 g/mol. The van der Waals surface area contributed by atoms with Crippen molar-refractivity contribution in [3.63, 3.8) is 0 Å². The zero-order chi connectivity index (χ0) is 33.0. The van der Waals surface area contributed by atoms with Crippen LogP contribution >= 0.6 is 11.6 Å². The summed E-state index contributed by atoms with van der Waals surface area (Å²) in [6, 6.07) is 9.94. The summed E-state index contributed by atoms with van der Waals surface area (Å²) in [5.74, 6) is -3.21. The highest BCUT2D eigenvalue weighted by molar-refractivity contribution is 6.33. The Bertz CT molecular complexity index is 1860.